The van der Waals surface area contributed by atoms with E-state index in [0.29, 0.717) is 17.1 Å². The van der Waals surface area contributed by atoms with Gasteiger partial charge in [0.05, 0.1) is 0 Å². The molecule has 2 amide bonds. The van der Waals surface area contributed by atoms with Gasteiger partial charge in [0.2, 0.25) is 0 Å². The third-order valence-electron chi connectivity index (χ3n) is 2.74. The van der Waals surface area contributed by atoms with E-state index in [0.717, 1.165) is 5.56 Å². The number of urea groups is 1. The summed E-state index contributed by atoms with van der Waals surface area (Å²) in [6.07, 6.45) is 3.06. The molecule has 0 spiro atoms. The fourth-order valence-electron chi connectivity index (χ4n) is 1.69. The molecule has 2 N–H and O–H groups in total. The predicted octanol–water partition coefficient (Wildman–Crippen LogP) is 3.95. The molecule has 0 aliphatic heterocycles. The summed E-state index contributed by atoms with van der Waals surface area (Å²) in [4.78, 5) is 11.6. The van der Waals surface area contributed by atoms with E-state index in [-0.39, 0.29) is 11.8 Å². The third kappa shape index (κ3) is 4.93. The standard InChI is InChI=1S/C16H14ClFN2O/c17-15-7-2-1-5-13(15)11-20-16(21)19-9-8-12-4-3-6-14(18)10-12/h1-10H,11H2,(H2,19,20,21)/b9-8+. The van der Waals surface area contributed by atoms with E-state index in [1.165, 1.54) is 18.3 Å². The predicted molar refractivity (Wildman–Crippen MR) is 82.3 cm³/mol. The molecule has 0 heterocycles. The van der Waals surface area contributed by atoms with Gasteiger partial charge in [0.25, 0.3) is 0 Å². The second kappa shape index (κ2) is 7.45. The molecule has 0 bridgehead atoms. The first kappa shape index (κ1) is 15.1. The summed E-state index contributed by atoms with van der Waals surface area (Å²) >= 11 is 5.99. The molecule has 0 fully saturated rings. The largest absolute Gasteiger partial charge is 0.334 e. The van der Waals surface area contributed by atoms with Crippen molar-refractivity contribution in [3.05, 3.63) is 76.7 Å². The summed E-state index contributed by atoms with van der Waals surface area (Å²) in [6.45, 7) is 0.333. The number of hydrogen-bond donors (Lipinski definition) is 2. The van der Waals surface area contributed by atoms with Gasteiger partial charge in [0.1, 0.15) is 5.82 Å². The molecule has 2 aromatic carbocycles. The highest BCUT2D eigenvalue weighted by molar-refractivity contribution is 6.31. The number of amides is 2. The summed E-state index contributed by atoms with van der Waals surface area (Å²) in [5.74, 6) is -0.319. The summed E-state index contributed by atoms with van der Waals surface area (Å²) in [7, 11) is 0. The molecule has 2 aromatic rings. The van der Waals surface area contributed by atoms with Gasteiger partial charge in [-0.2, -0.15) is 0 Å². The zero-order valence-electron chi connectivity index (χ0n) is 11.1. The van der Waals surface area contributed by atoms with Gasteiger partial charge >= 0.3 is 6.03 Å². The first-order valence-corrected chi connectivity index (χ1v) is 6.73. The van der Waals surface area contributed by atoms with Crippen LogP contribution in [0.15, 0.2) is 54.7 Å². The molecule has 0 radical (unpaired) electrons. The molecule has 0 aromatic heterocycles. The van der Waals surface area contributed by atoms with Gasteiger partial charge in [-0.05, 0) is 35.4 Å². The van der Waals surface area contributed by atoms with Crippen LogP contribution in [0.3, 0.4) is 0 Å². The average molecular weight is 305 g/mol. The van der Waals surface area contributed by atoms with Crippen LogP contribution < -0.4 is 10.6 Å². The lowest BCUT2D eigenvalue weighted by Crippen LogP contribution is -2.31. The second-order valence-corrected chi connectivity index (χ2v) is 4.71. The molecule has 0 aliphatic rings. The van der Waals surface area contributed by atoms with Crippen molar-refractivity contribution in [2.24, 2.45) is 0 Å². The van der Waals surface area contributed by atoms with Gasteiger partial charge < -0.3 is 10.6 Å². The molecule has 0 saturated carbocycles. The lowest BCUT2D eigenvalue weighted by atomic mass is 10.2. The Hall–Kier alpha value is -2.33. The van der Waals surface area contributed by atoms with E-state index in [1.54, 1.807) is 24.3 Å². The normalized spacial score (nSPS) is 10.6. The van der Waals surface area contributed by atoms with E-state index in [2.05, 4.69) is 10.6 Å². The number of carbonyl (C=O) groups is 1. The van der Waals surface area contributed by atoms with Crippen LogP contribution in [0.2, 0.25) is 5.02 Å². The van der Waals surface area contributed by atoms with Gasteiger partial charge in [-0.1, -0.05) is 41.9 Å². The Balaban J connectivity index is 1.81. The van der Waals surface area contributed by atoms with Crippen LogP contribution in [0, 0.1) is 5.82 Å². The number of nitrogens with one attached hydrogen (secondary N) is 2. The maximum absolute atomic E-state index is 13.0. The van der Waals surface area contributed by atoms with E-state index < -0.39 is 0 Å². The number of hydrogen-bond acceptors (Lipinski definition) is 1. The molecule has 21 heavy (non-hydrogen) atoms. The highest BCUT2D eigenvalue weighted by Gasteiger charge is 2.01. The maximum atomic E-state index is 13.0. The maximum Gasteiger partial charge on any atom is 0.319 e. The van der Waals surface area contributed by atoms with Crippen molar-refractivity contribution in [2.75, 3.05) is 0 Å². The fourth-order valence-corrected chi connectivity index (χ4v) is 1.89. The number of benzene rings is 2. The Morgan fingerprint density at radius 3 is 2.76 bits per heavy atom. The van der Waals surface area contributed by atoms with Crippen LogP contribution in [-0.2, 0) is 6.54 Å². The third-order valence-corrected chi connectivity index (χ3v) is 3.10. The van der Waals surface area contributed by atoms with Crippen LogP contribution in [0.4, 0.5) is 9.18 Å². The minimum absolute atomic E-state index is 0.319. The lowest BCUT2D eigenvalue weighted by molar-refractivity contribution is 0.244. The van der Waals surface area contributed by atoms with Crippen molar-refractivity contribution in [2.45, 2.75) is 6.54 Å². The van der Waals surface area contributed by atoms with Gasteiger partial charge in [0.15, 0.2) is 0 Å². The van der Waals surface area contributed by atoms with Gasteiger partial charge in [-0.15, -0.1) is 0 Å². The fraction of sp³-hybridized carbons (Fsp3) is 0.0625. The Labute approximate surface area is 127 Å². The van der Waals surface area contributed by atoms with Crippen LogP contribution in [-0.4, -0.2) is 6.03 Å². The Morgan fingerprint density at radius 1 is 1.19 bits per heavy atom. The van der Waals surface area contributed by atoms with E-state index >= 15 is 0 Å². The van der Waals surface area contributed by atoms with E-state index in [9.17, 15) is 9.18 Å². The molecule has 0 saturated heterocycles. The van der Waals surface area contributed by atoms with Crippen molar-refractivity contribution in [1.29, 1.82) is 0 Å². The minimum Gasteiger partial charge on any atom is -0.334 e. The second-order valence-electron chi connectivity index (χ2n) is 4.31. The van der Waals surface area contributed by atoms with Crippen LogP contribution in [0.5, 0.6) is 0 Å². The highest BCUT2D eigenvalue weighted by Crippen LogP contribution is 2.14. The molecular formula is C16H14ClFN2O. The summed E-state index contributed by atoms with van der Waals surface area (Å²) in [6, 6.07) is 13.0. The van der Waals surface area contributed by atoms with Crippen LogP contribution in [0.25, 0.3) is 6.08 Å². The summed E-state index contributed by atoms with van der Waals surface area (Å²) < 4.78 is 13.0. The van der Waals surface area contributed by atoms with Crippen molar-refractivity contribution in [3.8, 4) is 0 Å². The Morgan fingerprint density at radius 2 is 2.00 bits per heavy atom. The number of halogens is 2. The summed E-state index contributed by atoms with van der Waals surface area (Å²) in [5.41, 5.74) is 1.50. The molecule has 0 atom stereocenters. The molecule has 108 valence electrons. The van der Waals surface area contributed by atoms with Crippen LogP contribution >= 0.6 is 11.6 Å². The topological polar surface area (TPSA) is 41.1 Å². The number of carbonyl (C=O) groups excluding carboxylic acids is 1. The number of rotatable bonds is 4. The Kier molecular flexibility index (Phi) is 5.35. The quantitative estimate of drug-likeness (QED) is 0.882. The van der Waals surface area contributed by atoms with Crippen LogP contribution in [0.1, 0.15) is 11.1 Å². The van der Waals surface area contributed by atoms with E-state index in [1.807, 2.05) is 18.2 Å². The van der Waals surface area contributed by atoms with Crippen molar-refractivity contribution in [1.82, 2.24) is 10.6 Å². The average Bonchev–Trinajstić information content (AvgIpc) is 2.46. The van der Waals surface area contributed by atoms with Crippen molar-refractivity contribution >= 4 is 23.7 Å². The summed E-state index contributed by atoms with van der Waals surface area (Å²) in [5, 5.41) is 5.83. The molecule has 2 rings (SSSR count). The monoisotopic (exact) mass is 304 g/mol. The smallest absolute Gasteiger partial charge is 0.319 e. The minimum atomic E-state index is -0.359. The highest BCUT2D eigenvalue weighted by atomic mass is 35.5. The molecule has 5 heteroatoms. The van der Waals surface area contributed by atoms with Gasteiger partial charge in [-0.3, -0.25) is 0 Å². The first-order valence-electron chi connectivity index (χ1n) is 6.35. The van der Waals surface area contributed by atoms with Crippen molar-refractivity contribution in [3.63, 3.8) is 0 Å². The zero-order chi connectivity index (χ0) is 15.1. The molecule has 0 unspecified atom stereocenters. The lowest BCUT2D eigenvalue weighted by Gasteiger charge is -2.06. The SMILES string of the molecule is O=C(N/C=C/c1cccc(F)c1)NCc1ccccc1Cl. The molecule has 3 nitrogen and oxygen atoms in total. The van der Waals surface area contributed by atoms with E-state index in [4.69, 9.17) is 11.6 Å². The zero-order valence-corrected chi connectivity index (χ0v) is 11.9. The molecular weight excluding hydrogens is 291 g/mol. The Bertz CT molecular complexity index is 658. The first-order chi connectivity index (χ1) is 10.1. The molecule has 0 aliphatic carbocycles. The van der Waals surface area contributed by atoms with Crippen molar-refractivity contribution < 1.29 is 9.18 Å². The van der Waals surface area contributed by atoms with Gasteiger partial charge in [-0.25, -0.2) is 9.18 Å². The van der Waals surface area contributed by atoms with Gasteiger partial charge in [0, 0.05) is 17.8 Å².